The second-order valence-electron chi connectivity index (χ2n) is 7.83. The zero-order chi connectivity index (χ0) is 24.5. The van der Waals surface area contributed by atoms with E-state index in [1.807, 2.05) is 4.90 Å². The largest absolute Gasteiger partial charge is 0.437 e. The number of aromatic nitrogens is 2. The number of Topliss-reactive ketones (excluding diaryl/α,β-unsaturated/α-hetero) is 1. The Morgan fingerprint density at radius 1 is 1.06 bits per heavy atom. The normalized spacial score (nSPS) is 15.5. The van der Waals surface area contributed by atoms with Crippen LogP contribution in [0.4, 0.5) is 19.0 Å². The Labute approximate surface area is 194 Å². The fourth-order valence-electron chi connectivity index (χ4n) is 3.63. The standard InChI is InChI=1S/C22H21F3N4O4S/c1-34(31,32)29-11-9-28(10-12-29)18-8-7-15(14-26-18)13-17(30)19-20(22(23,24)25)27-21(33-19)16-5-3-2-4-6-16/h2-8,14H,9-13H2,1H3. The van der Waals surface area contributed by atoms with E-state index in [9.17, 15) is 26.4 Å². The number of carbonyl (C=O) groups is 1. The summed E-state index contributed by atoms with van der Waals surface area (Å²) in [6.07, 6.45) is -2.62. The summed E-state index contributed by atoms with van der Waals surface area (Å²) in [5, 5.41) is 0. The Bertz CT molecular complexity index is 1270. The van der Waals surface area contributed by atoms with Gasteiger partial charge < -0.3 is 9.32 Å². The molecule has 0 N–H and O–H groups in total. The average Bonchev–Trinajstić information content (AvgIpc) is 3.26. The van der Waals surface area contributed by atoms with Crippen LogP contribution in [-0.2, 0) is 22.6 Å². The summed E-state index contributed by atoms with van der Waals surface area (Å²) in [5.41, 5.74) is -0.618. The van der Waals surface area contributed by atoms with Crippen molar-refractivity contribution >= 4 is 21.6 Å². The molecule has 0 radical (unpaired) electrons. The van der Waals surface area contributed by atoms with Crippen LogP contribution >= 0.6 is 0 Å². The molecule has 0 amide bonds. The van der Waals surface area contributed by atoms with Crippen molar-refractivity contribution in [1.82, 2.24) is 14.3 Å². The highest BCUT2D eigenvalue weighted by Crippen LogP contribution is 2.35. The molecule has 1 aliphatic heterocycles. The maximum atomic E-state index is 13.5. The van der Waals surface area contributed by atoms with Gasteiger partial charge in [0.05, 0.1) is 6.26 Å². The summed E-state index contributed by atoms with van der Waals surface area (Å²) in [7, 11) is -3.25. The van der Waals surface area contributed by atoms with Crippen molar-refractivity contribution < 1.29 is 30.8 Å². The van der Waals surface area contributed by atoms with Crippen LogP contribution in [0.3, 0.4) is 0 Å². The zero-order valence-electron chi connectivity index (χ0n) is 18.1. The molecule has 34 heavy (non-hydrogen) atoms. The predicted octanol–water partition coefficient (Wildman–Crippen LogP) is 3.26. The number of hydrogen-bond acceptors (Lipinski definition) is 7. The maximum Gasteiger partial charge on any atom is 0.437 e. The Balaban J connectivity index is 1.48. The monoisotopic (exact) mass is 494 g/mol. The van der Waals surface area contributed by atoms with Gasteiger partial charge in [0.25, 0.3) is 0 Å². The van der Waals surface area contributed by atoms with Gasteiger partial charge in [-0.05, 0) is 23.8 Å². The minimum absolute atomic E-state index is 0.280. The molecule has 1 fully saturated rings. The van der Waals surface area contributed by atoms with Crippen LogP contribution in [0.15, 0.2) is 53.1 Å². The molecule has 0 unspecified atom stereocenters. The molecule has 0 saturated carbocycles. The lowest BCUT2D eigenvalue weighted by Crippen LogP contribution is -2.48. The van der Waals surface area contributed by atoms with Crippen molar-refractivity contribution in [3.8, 4) is 11.5 Å². The van der Waals surface area contributed by atoms with Gasteiger partial charge in [-0.1, -0.05) is 24.3 Å². The van der Waals surface area contributed by atoms with Crippen molar-refractivity contribution in [3.63, 3.8) is 0 Å². The Hall–Kier alpha value is -3.25. The number of nitrogens with zero attached hydrogens (tertiary/aromatic N) is 4. The number of hydrogen-bond donors (Lipinski definition) is 0. The third-order valence-electron chi connectivity index (χ3n) is 5.38. The molecule has 2 aromatic heterocycles. The number of rotatable bonds is 6. The molecule has 8 nitrogen and oxygen atoms in total. The van der Waals surface area contributed by atoms with E-state index in [1.54, 1.807) is 42.5 Å². The van der Waals surface area contributed by atoms with Crippen molar-refractivity contribution in [3.05, 3.63) is 65.7 Å². The van der Waals surface area contributed by atoms with E-state index in [4.69, 9.17) is 4.42 Å². The van der Waals surface area contributed by atoms with E-state index in [1.165, 1.54) is 10.5 Å². The summed E-state index contributed by atoms with van der Waals surface area (Å²) >= 11 is 0. The number of sulfonamides is 1. The topological polar surface area (TPSA) is 96.6 Å². The number of benzene rings is 1. The maximum absolute atomic E-state index is 13.5. The zero-order valence-corrected chi connectivity index (χ0v) is 18.9. The van der Waals surface area contributed by atoms with Gasteiger partial charge in [0.1, 0.15) is 5.82 Å². The fourth-order valence-corrected chi connectivity index (χ4v) is 4.45. The van der Waals surface area contributed by atoms with Gasteiger partial charge >= 0.3 is 6.18 Å². The molecule has 3 heterocycles. The molecule has 0 bridgehead atoms. The van der Waals surface area contributed by atoms with Crippen LogP contribution in [0.1, 0.15) is 21.8 Å². The summed E-state index contributed by atoms with van der Waals surface area (Å²) in [6, 6.07) is 11.3. The first kappa shape index (κ1) is 23.9. The molecule has 1 aliphatic rings. The summed E-state index contributed by atoms with van der Waals surface area (Å²) < 4.78 is 70.4. The molecule has 1 saturated heterocycles. The van der Waals surface area contributed by atoms with Gasteiger partial charge in [0, 0.05) is 44.4 Å². The summed E-state index contributed by atoms with van der Waals surface area (Å²) in [4.78, 5) is 22.4. The molecular weight excluding hydrogens is 473 g/mol. The second kappa shape index (κ2) is 9.18. The molecule has 4 rings (SSSR count). The lowest BCUT2D eigenvalue weighted by atomic mass is 10.1. The van der Waals surface area contributed by atoms with Gasteiger partial charge in [-0.2, -0.15) is 17.5 Å². The quantitative estimate of drug-likeness (QED) is 0.486. The first-order valence-electron chi connectivity index (χ1n) is 10.3. The number of alkyl halides is 3. The number of ketones is 1. The molecule has 3 aromatic rings. The van der Waals surface area contributed by atoms with E-state index in [0.29, 0.717) is 43.1 Å². The average molecular weight is 494 g/mol. The Morgan fingerprint density at radius 2 is 1.74 bits per heavy atom. The van der Waals surface area contributed by atoms with Gasteiger partial charge in [-0.3, -0.25) is 4.79 Å². The first-order chi connectivity index (χ1) is 16.0. The van der Waals surface area contributed by atoms with Crippen LogP contribution in [-0.4, -0.2) is 60.9 Å². The Morgan fingerprint density at radius 3 is 2.29 bits per heavy atom. The minimum Gasteiger partial charge on any atom is -0.432 e. The number of piperazine rings is 1. The molecule has 0 spiro atoms. The molecule has 12 heteroatoms. The van der Waals surface area contributed by atoms with Crippen molar-refractivity contribution in [1.29, 1.82) is 0 Å². The number of halogens is 3. The summed E-state index contributed by atoms with van der Waals surface area (Å²) in [6.45, 7) is 1.56. The third kappa shape index (κ3) is 5.28. The predicted molar refractivity (Wildman–Crippen MR) is 118 cm³/mol. The van der Waals surface area contributed by atoms with Crippen molar-refractivity contribution in [2.45, 2.75) is 12.6 Å². The molecule has 0 atom stereocenters. The number of carbonyl (C=O) groups excluding carboxylic acids is 1. The van der Waals surface area contributed by atoms with E-state index >= 15 is 0 Å². The fraction of sp³-hybridized carbons (Fsp3) is 0.318. The van der Waals surface area contributed by atoms with Gasteiger partial charge in [-0.15, -0.1) is 0 Å². The van der Waals surface area contributed by atoms with Gasteiger partial charge in [-0.25, -0.2) is 18.4 Å². The van der Waals surface area contributed by atoms with Gasteiger partial charge in [0.2, 0.25) is 27.5 Å². The number of pyridine rings is 1. The van der Waals surface area contributed by atoms with Crippen LogP contribution in [0.25, 0.3) is 11.5 Å². The molecule has 0 aliphatic carbocycles. The van der Waals surface area contributed by atoms with Crippen LogP contribution in [0.5, 0.6) is 0 Å². The number of oxazole rings is 1. The Kier molecular flexibility index (Phi) is 6.45. The lowest BCUT2D eigenvalue weighted by Gasteiger charge is -2.34. The van der Waals surface area contributed by atoms with E-state index < -0.39 is 33.4 Å². The highest BCUT2D eigenvalue weighted by atomic mass is 32.2. The van der Waals surface area contributed by atoms with E-state index in [-0.39, 0.29) is 12.3 Å². The first-order valence-corrected chi connectivity index (χ1v) is 12.2. The van der Waals surface area contributed by atoms with Crippen LogP contribution in [0.2, 0.25) is 0 Å². The molecular formula is C22H21F3N4O4S. The molecule has 1 aromatic carbocycles. The van der Waals surface area contributed by atoms with E-state index in [2.05, 4.69) is 9.97 Å². The van der Waals surface area contributed by atoms with Crippen molar-refractivity contribution in [2.24, 2.45) is 0 Å². The second-order valence-corrected chi connectivity index (χ2v) is 9.82. The lowest BCUT2D eigenvalue weighted by molar-refractivity contribution is -0.141. The number of anilines is 1. The highest BCUT2D eigenvalue weighted by molar-refractivity contribution is 7.88. The van der Waals surface area contributed by atoms with Crippen LogP contribution in [0, 0.1) is 0 Å². The highest BCUT2D eigenvalue weighted by Gasteiger charge is 2.41. The van der Waals surface area contributed by atoms with Gasteiger partial charge in [0.15, 0.2) is 5.69 Å². The van der Waals surface area contributed by atoms with Crippen molar-refractivity contribution in [2.75, 3.05) is 37.3 Å². The SMILES string of the molecule is CS(=O)(=O)N1CCN(c2ccc(CC(=O)c3oc(-c4ccccc4)nc3C(F)(F)F)cn2)CC1. The van der Waals surface area contributed by atoms with E-state index in [0.717, 1.165) is 6.26 Å². The van der Waals surface area contributed by atoms with Crippen LogP contribution < -0.4 is 4.90 Å². The third-order valence-corrected chi connectivity index (χ3v) is 6.68. The smallest absolute Gasteiger partial charge is 0.432 e. The minimum atomic E-state index is -4.85. The molecule has 180 valence electrons. The summed E-state index contributed by atoms with van der Waals surface area (Å²) in [5.74, 6) is -1.39.